The second-order valence-corrected chi connectivity index (χ2v) is 8.79. The molecule has 2 aromatic rings. The summed E-state index contributed by atoms with van der Waals surface area (Å²) in [5.74, 6) is -5.05. The van der Waals surface area contributed by atoms with Crippen molar-refractivity contribution in [2.24, 2.45) is 5.41 Å². The van der Waals surface area contributed by atoms with E-state index in [0.717, 1.165) is 14.2 Å². The zero-order chi connectivity index (χ0) is 27.0. The molecule has 0 aromatic heterocycles. The van der Waals surface area contributed by atoms with Crippen LogP contribution in [0.3, 0.4) is 0 Å². The molecule has 1 spiro atoms. The topological polar surface area (TPSA) is 134 Å². The SMILES string of the molecule is CCOC(=O)[C@@H]1N[C@@](CC(=O)OC)(C(=O)OC)C2(C(=O)c3ccccc3C2=O)[C@H]1c1cccc(OC)c1. The Bertz CT molecular complexity index is 1250. The minimum Gasteiger partial charge on any atom is -0.497 e. The number of methoxy groups -OCH3 is 3. The van der Waals surface area contributed by atoms with E-state index in [0.29, 0.717) is 11.3 Å². The number of Topliss-reactive ketones (excluding diaryl/α,β-unsaturated/α-hetero) is 2. The van der Waals surface area contributed by atoms with Gasteiger partial charge in [-0.15, -0.1) is 0 Å². The molecule has 1 saturated heterocycles. The van der Waals surface area contributed by atoms with Gasteiger partial charge in [0.15, 0.2) is 11.6 Å². The largest absolute Gasteiger partial charge is 0.497 e. The van der Waals surface area contributed by atoms with Gasteiger partial charge in [0.25, 0.3) is 0 Å². The number of hydrogen-bond acceptors (Lipinski definition) is 10. The average Bonchev–Trinajstić information content (AvgIpc) is 3.35. The Labute approximate surface area is 213 Å². The highest BCUT2D eigenvalue weighted by atomic mass is 16.5. The van der Waals surface area contributed by atoms with Crippen molar-refractivity contribution in [3.8, 4) is 5.75 Å². The van der Waals surface area contributed by atoms with Gasteiger partial charge in [-0.05, 0) is 24.6 Å². The Hall–Kier alpha value is -4.05. The average molecular weight is 510 g/mol. The molecule has 3 atom stereocenters. The third-order valence-corrected chi connectivity index (χ3v) is 7.17. The summed E-state index contributed by atoms with van der Waals surface area (Å²) in [5.41, 5.74) is -4.06. The van der Waals surface area contributed by atoms with Crippen LogP contribution < -0.4 is 10.1 Å². The fourth-order valence-electron chi connectivity index (χ4n) is 5.71. The van der Waals surface area contributed by atoms with Crippen molar-refractivity contribution in [2.45, 2.75) is 30.8 Å². The van der Waals surface area contributed by atoms with Crippen LogP contribution in [-0.4, -0.2) is 69.0 Å². The van der Waals surface area contributed by atoms with Crippen LogP contribution in [0.1, 0.15) is 45.5 Å². The molecule has 1 aliphatic carbocycles. The highest BCUT2D eigenvalue weighted by Crippen LogP contribution is 2.60. The Morgan fingerprint density at radius 2 is 1.57 bits per heavy atom. The van der Waals surface area contributed by atoms with Gasteiger partial charge in [-0.25, -0.2) is 4.79 Å². The van der Waals surface area contributed by atoms with E-state index in [1.54, 1.807) is 43.3 Å². The maximum Gasteiger partial charge on any atom is 0.328 e. The van der Waals surface area contributed by atoms with Crippen molar-refractivity contribution in [1.82, 2.24) is 5.32 Å². The molecule has 10 heteroatoms. The maximum absolute atomic E-state index is 14.4. The number of fused-ring (bicyclic) bond motifs is 1. The summed E-state index contributed by atoms with van der Waals surface area (Å²) in [6, 6.07) is 11.3. The van der Waals surface area contributed by atoms with E-state index in [2.05, 4.69) is 5.32 Å². The molecule has 0 unspecified atom stereocenters. The number of benzene rings is 2. The molecular formula is C27H27NO9. The molecule has 1 fully saturated rings. The minimum atomic E-state index is -2.28. The first-order chi connectivity index (χ1) is 17.7. The molecule has 10 nitrogen and oxygen atoms in total. The Kier molecular flexibility index (Phi) is 6.88. The summed E-state index contributed by atoms with van der Waals surface area (Å²) in [6.07, 6.45) is -0.752. The fraction of sp³-hybridized carbons (Fsp3) is 0.370. The van der Waals surface area contributed by atoms with Crippen molar-refractivity contribution < 1.29 is 42.9 Å². The fourth-order valence-corrected chi connectivity index (χ4v) is 5.71. The van der Waals surface area contributed by atoms with Crippen molar-refractivity contribution in [3.63, 3.8) is 0 Å². The van der Waals surface area contributed by atoms with Gasteiger partial charge < -0.3 is 18.9 Å². The number of carbonyl (C=O) groups excluding carboxylic acids is 5. The highest BCUT2D eigenvalue weighted by Gasteiger charge is 2.79. The van der Waals surface area contributed by atoms with Crippen LogP contribution in [0.15, 0.2) is 48.5 Å². The van der Waals surface area contributed by atoms with Gasteiger partial charge in [0, 0.05) is 17.0 Å². The smallest absolute Gasteiger partial charge is 0.328 e. The Morgan fingerprint density at radius 3 is 2.11 bits per heavy atom. The lowest BCUT2D eigenvalue weighted by atomic mass is 9.58. The molecule has 1 heterocycles. The third-order valence-electron chi connectivity index (χ3n) is 7.17. The van der Waals surface area contributed by atoms with Gasteiger partial charge in [-0.1, -0.05) is 36.4 Å². The molecule has 2 aromatic carbocycles. The molecule has 0 amide bonds. The van der Waals surface area contributed by atoms with Crippen LogP contribution in [0.2, 0.25) is 0 Å². The number of ether oxygens (including phenoxy) is 4. The lowest BCUT2D eigenvalue weighted by molar-refractivity contribution is -0.158. The summed E-state index contributed by atoms with van der Waals surface area (Å²) in [5, 5.41) is 2.89. The van der Waals surface area contributed by atoms with Crippen LogP contribution in [0.25, 0.3) is 0 Å². The molecule has 194 valence electrons. The van der Waals surface area contributed by atoms with Gasteiger partial charge in [-0.2, -0.15) is 0 Å². The van der Waals surface area contributed by atoms with Crippen molar-refractivity contribution in [2.75, 3.05) is 27.9 Å². The van der Waals surface area contributed by atoms with Crippen molar-refractivity contribution in [3.05, 3.63) is 65.2 Å². The number of nitrogens with one attached hydrogen (secondary N) is 1. The van der Waals surface area contributed by atoms with E-state index in [4.69, 9.17) is 18.9 Å². The van der Waals surface area contributed by atoms with E-state index in [9.17, 15) is 24.0 Å². The molecule has 2 aliphatic rings. The molecule has 0 saturated carbocycles. The molecule has 37 heavy (non-hydrogen) atoms. The second-order valence-electron chi connectivity index (χ2n) is 8.79. The van der Waals surface area contributed by atoms with Crippen LogP contribution in [0.4, 0.5) is 0 Å². The first-order valence-electron chi connectivity index (χ1n) is 11.7. The first kappa shape index (κ1) is 26.0. The Morgan fingerprint density at radius 1 is 0.919 bits per heavy atom. The quantitative estimate of drug-likeness (QED) is 0.335. The lowest BCUT2D eigenvalue weighted by Crippen LogP contribution is -2.65. The number of rotatable bonds is 7. The van der Waals surface area contributed by atoms with E-state index in [1.807, 2.05) is 0 Å². The summed E-state index contributed by atoms with van der Waals surface area (Å²) in [4.78, 5) is 68.5. The number of ketones is 2. The predicted octanol–water partition coefficient (Wildman–Crippen LogP) is 1.85. The normalized spacial score (nSPS) is 23.5. The Balaban J connectivity index is 2.12. The second kappa shape index (κ2) is 9.78. The van der Waals surface area contributed by atoms with Crippen LogP contribution in [0, 0.1) is 5.41 Å². The summed E-state index contributed by atoms with van der Waals surface area (Å²) in [6.45, 7) is 1.60. The summed E-state index contributed by atoms with van der Waals surface area (Å²) >= 11 is 0. The zero-order valence-corrected chi connectivity index (χ0v) is 20.9. The van der Waals surface area contributed by atoms with Crippen LogP contribution in [-0.2, 0) is 28.6 Å². The number of esters is 3. The summed E-state index contributed by atoms with van der Waals surface area (Å²) < 4.78 is 20.6. The van der Waals surface area contributed by atoms with E-state index in [-0.39, 0.29) is 17.7 Å². The van der Waals surface area contributed by atoms with Gasteiger partial charge in [0.05, 0.1) is 34.4 Å². The molecule has 0 radical (unpaired) electrons. The van der Waals surface area contributed by atoms with Gasteiger partial charge in [0.2, 0.25) is 0 Å². The van der Waals surface area contributed by atoms with Crippen LogP contribution in [0.5, 0.6) is 5.75 Å². The number of carbonyl (C=O) groups is 5. The van der Waals surface area contributed by atoms with E-state index in [1.165, 1.54) is 19.2 Å². The molecule has 1 N–H and O–H groups in total. The minimum absolute atomic E-state index is 0.000805. The van der Waals surface area contributed by atoms with E-state index < -0.39 is 58.8 Å². The first-order valence-corrected chi connectivity index (χ1v) is 11.7. The highest BCUT2D eigenvalue weighted by molar-refractivity contribution is 6.33. The van der Waals surface area contributed by atoms with Crippen molar-refractivity contribution >= 4 is 29.5 Å². The standard InChI is InChI=1S/C27H27NO9/c1-5-37-24(32)21-20(15-9-8-10-16(13-15)34-2)27(22(30)17-11-6-7-12-18(17)23(27)31)26(28-21,25(33)36-4)14-19(29)35-3/h6-13,20-21,28H,5,14H2,1-4H3/t20-,21+,26-/m0/s1. The summed E-state index contributed by atoms with van der Waals surface area (Å²) in [7, 11) is 3.64. The molecular weight excluding hydrogens is 482 g/mol. The monoisotopic (exact) mass is 509 g/mol. The van der Waals surface area contributed by atoms with Gasteiger partial charge >= 0.3 is 17.9 Å². The van der Waals surface area contributed by atoms with E-state index >= 15 is 0 Å². The third kappa shape index (κ3) is 3.62. The van der Waals surface area contributed by atoms with Crippen LogP contribution >= 0.6 is 0 Å². The molecule has 1 aliphatic heterocycles. The predicted molar refractivity (Wildman–Crippen MR) is 128 cm³/mol. The molecule has 0 bridgehead atoms. The van der Waals surface area contributed by atoms with Gasteiger partial charge in [-0.3, -0.25) is 24.5 Å². The van der Waals surface area contributed by atoms with Crippen molar-refractivity contribution in [1.29, 1.82) is 0 Å². The lowest BCUT2D eigenvalue weighted by Gasteiger charge is -2.40. The number of hydrogen-bond donors (Lipinski definition) is 1. The zero-order valence-electron chi connectivity index (χ0n) is 20.9. The van der Waals surface area contributed by atoms with Gasteiger partial charge in [0.1, 0.15) is 22.7 Å². The maximum atomic E-state index is 14.4. The molecule has 4 rings (SSSR count).